The highest BCUT2D eigenvalue weighted by atomic mass is 32.1. The zero-order valence-electron chi connectivity index (χ0n) is 14.4. The molecule has 0 aliphatic rings. The summed E-state index contributed by atoms with van der Waals surface area (Å²) in [6.07, 6.45) is 0. The van der Waals surface area contributed by atoms with Gasteiger partial charge in [-0.1, -0.05) is 79.9 Å². The molecule has 1 aromatic heterocycles. The van der Waals surface area contributed by atoms with Crippen LogP contribution in [0, 0.1) is 0 Å². The van der Waals surface area contributed by atoms with Gasteiger partial charge in [0.1, 0.15) is 0 Å². The molecular weight excluding hydrogens is 322 g/mol. The van der Waals surface area contributed by atoms with Crippen LogP contribution in [0.4, 0.5) is 0 Å². The first-order chi connectivity index (χ1) is 12.2. The zero-order valence-corrected chi connectivity index (χ0v) is 15.2. The first-order valence-corrected chi connectivity index (χ1v) is 9.31. The van der Waals surface area contributed by atoms with Crippen LogP contribution in [0.5, 0.6) is 0 Å². The van der Waals surface area contributed by atoms with Crippen molar-refractivity contribution in [3.63, 3.8) is 0 Å². The van der Waals surface area contributed by atoms with Gasteiger partial charge in [0.2, 0.25) is 0 Å². The van der Waals surface area contributed by atoms with Crippen molar-refractivity contribution in [2.24, 2.45) is 0 Å². The van der Waals surface area contributed by atoms with E-state index < -0.39 is 0 Å². The Labute approximate surface area is 154 Å². The third-order valence-electron chi connectivity index (χ3n) is 4.15. The topological polar surface area (TPSA) is 3.24 Å². The maximum atomic E-state index is 4.31. The van der Waals surface area contributed by atoms with Crippen LogP contribution >= 0.6 is 11.3 Å². The van der Waals surface area contributed by atoms with Gasteiger partial charge >= 0.3 is 0 Å². The van der Waals surface area contributed by atoms with Crippen LogP contribution in [0.1, 0.15) is 16.0 Å². The van der Waals surface area contributed by atoms with Crippen LogP contribution in [0.15, 0.2) is 91.3 Å². The number of thiophene rings is 1. The van der Waals surface area contributed by atoms with E-state index in [0.29, 0.717) is 0 Å². The molecule has 0 atom stereocenters. The van der Waals surface area contributed by atoms with Gasteiger partial charge in [-0.2, -0.15) is 0 Å². The van der Waals surface area contributed by atoms with E-state index in [1.165, 1.54) is 16.0 Å². The average Bonchev–Trinajstić information content (AvgIpc) is 3.16. The second-order valence-electron chi connectivity index (χ2n) is 6.16. The number of rotatable bonds is 8. The molecule has 3 aromatic rings. The minimum atomic E-state index is 0.827. The monoisotopic (exact) mass is 345 g/mol. The normalized spacial score (nSPS) is 10.8. The molecule has 1 nitrogen and oxygen atoms in total. The van der Waals surface area contributed by atoms with Crippen molar-refractivity contribution in [1.29, 1.82) is 0 Å². The molecule has 0 spiro atoms. The number of nitrogens with zero attached hydrogens (tertiary/aromatic N) is 1. The Morgan fingerprint density at radius 1 is 0.720 bits per heavy atom. The third-order valence-corrected chi connectivity index (χ3v) is 5.01. The van der Waals surface area contributed by atoms with E-state index in [-0.39, 0.29) is 0 Å². The smallest absolute Gasteiger partial charge is 0.0335 e. The summed E-state index contributed by atoms with van der Waals surface area (Å²) in [6.45, 7) is 11.2. The number of hydrogen-bond acceptors (Lipinski definition) is 2. The largest absolute Gasteiger partial charge is 0.290 e. The van der Waals surface area contributed by atoms with Gasteiger partial charge in [-0.15, -0.1) is 11.3 Å². The summed E-state index contributed by atoms with van der Waals surface area (Å²) in [5.74, 6) is 0. The van der Waals surface area contributed by atoms with Crippen LogP contribution in [0.25, 0.3) is 11.1 Å². The highest BCUT2D eigenvalue weighted by Gasteiger charge is 2.12. The van der Waals surface area contributed by atoms with Gasteiger partial charge in [0, 0.05) is 24.5 Å². The van der Waals surface area contributed by atoms with Gasteiger partial charge in [0.05, 0.1) is 0 Å². The standard InChI is InChI=1S/C23H23NS/c1-19(21-10-5-3-6-11-21)16-24(18-23-14-9-15-25-23)17-20(2)22-12-7-4-8-13-22/h3-15H,1-2,16-18H2. The summed E-state index contributed by atoms with van der Waals surface area (Å²) in [5, 5.41) is 2.13. The Morgan fingerprint density at radius 2 is 1.24 bits per heavy atom. The number of benzene rings is 2. The third kappa shape index (κ3) is 5.02. The molecular formula is C23H23NS. The molecule has 0 saturated carbocycles. The first kappa shape index (κ1) is 17.4. The van der Waals surface area contributed by atoms with Crippen molar-refractivity contribution >= 4 is 22.5 Å². The molecule has 0 aliphatic heterocycles. The molecule has 126 valence electrons. The van der Waals surface area contributed by atoms with Crippen molar-refractivity contribution in [2.75, 3.05) is 13.1 Å². The maximum Gasteiger partial charge on any atom is 0.0335 e. The maximum absolute atomic E-state index is 4.31. The summed E-state index contributed by atoms with van der Waals surface area (Å²) in [6, 6.07) is 25.1. The minimum Gasteiger partial charge on any atom is -0.290 e. The van der Waals surface area contributed by atoms with Crippen molar-refractivity contribution < 1.29 is 0 Å². The average molecular weight is 346 g/mol. The van der Waals surface area contributed by atoms with Gasteiger partial charge in [0.25, 0.3) is 0 Å². The van der Waals surface area contributed by atoms with E-state index in [2.05, 4.69) is 84.1 Å². The summed E-state index contributed by atoms with van der Waals surface area (Å²) in [5.41, 5.74) is 4.67. The summed E-state index contributed by atoms with van der Waals surface area (Å²) in [4.78, 5) is 3.78. The minimum absolute atomic E-state index is 0.827. The highest BCUT2D eigenvalue weighted by molar-refractivity contribution is 7.09. The fourth-order valence-electron chi connectivity index (χ4n) is 2.86. The lowest BCUT2D eigenvalue weighted by atomic mass is 10.0. The predicted octanol–water partition coefficient (Wildman–Crippen LogP) is 5.98. The van der Waals surface area contributed by atoms with Crippen molar-refractivity contribution in [1.82, 2.24) is 4.90 Å². The van der Waals surface area contributed by atoms with Gasteiger partial charge in [0.15, 0.2) is 0 Å². The van der Waals surface area contributed by atoms with E-state index in [1.807, 2.05) is 12.1 Å². The van der Waals surface area contributed by atoms with Gasteiger partial charge in [-0.05, 0) is 33.7 Å². The Bertz CT molecular complexity index is 750. The second-order valence-corrected chi connectivity index (χ2v) is 7.20. The second kappa shape index (κ2) is 8.61. The Morgan fingerprint density at radius 3 is 1.68 bits per heavy atom. The molecule has 0 saturated heterocycles. The molecule has 0 radical (unpaired) electrons. The summed E-state index contributed by atoms with van der Waals surface area (Å²) >= 11 is 1.80. The molecule has 0 unspecified atom stereocenters. The van der Waals surface area contributed by atoms with E-state index in [1.54, 1.807) is 11.3 Å². The van der Waals surface area contributed by atoms with E-state index >= 15 is 0 Å². The van der Waals surface area contributed by atoms with E-state index in [4.69, 9.17) is 0 Å². The summed E-state index contributed by atoms with van der Waals surface area (Å²) in [7, 11) is 0. The van der Waals surface area contributed by atoms with Gasteiger partial charge in [-0.3, -0.25) is 4.90 Å². The molecule has 25 heavy (non-hydrogen) atoms. The predicted molar refractivity (Wildman–Crippen MR) is 111 cm³/mol. The van der Waals surface area contributed by atoms with Crippen LogP contribution in [0.2, 0.25) is 0 Å². The van der Waals surface area contributed by atoms with Crippen LogP contribution < -0.4 is 0 Å². The van der Waals surface area contributed by atoms with E-state index in [9.17, 15) is 0 Å². The van der Waals surface area contributed by atoms with E-state index in [0.717, 1.165) is 30.8 Å². The molecule has 2 aromatic carbocycles. The first-order valence-electron chi connectivity index (χ1n) is 8.43. The molecule has 3 rings (SSSR count). The quantitative estimate of drug-likeness (QED) is 0.485. The molecule has 0 bridgehead atoms. The SMILES string of the molecule is C=C(CN(CC(=C)c1ccccc1)Cc1cccs1)c1ccccc1. The molecule has 0 aliphatic carbocycles. The van der Waals surface area contributed by atoms with Gasteiger partial charge < -0.3 is 0 Å². The number of hydrogen-bond donors (Lipinski definition) is 0. The van der Waals surface area contributed by atoms with Crippen LogP contribution in [-0.2, 0) is 6.54 Å². The zero-order chi connectivity index (χ0) is 17.5. The lowest BCUT2D eigenvalue weighted by molar-refractivity contribution is 0.340. The van der Waals surface area contributed by atoms with Crippen molar-refractivity contribution in [2.45, 2.75) is 6.54 Å². The lowest BCUT2D eigenvalue weighted by Crippen LogP contribution is -2.26. The Hall–Kier alpha value is -2.42. The highest BCUT2D eigenvalue weighted by Crippen LogP contribution is 2.21. The summed E-state index contributed by atoms with van der Waals surface area (Å²) < 4.78 is 0. The molecule has 0 amide bonds. The Kier molecular flexibility index (Phi) is 5.99. The molecule has 0 fully saturated rings. The fourth-order valence-corrected chi connectivity index (χ4v) is 3.61. The molecule has 2 heteroatoms. The molecule has 0 N–H and O–H groups in total. The Balaban J connectivity index is 1.73. The molecule has 1 heterocycles. The van der Waals surface area contributed by atoms with Crippen LogP contribution in [-0.4, -0.2) is 18.0 Å². The van der Waals surface area contributed by atoms with Gasteiger partial charge in [-0.25, -0.2) is 0 Å². The van der Waals surface area contributed by atoms with Crippen molar-refractivity contribution in [3.8, 4) is 0 Å². The van der Waals surface area contributed by atoms with Crippen molar-refractivity contribution in [3.05, 3.63) is 107 Å². The van der Waals surface area contributed by atoms with Crippen LogP contribution in [0.3, 0.4) is 0 Å². The lowest BCUT2D eigenvalue weighted by Gasteiger charge is -2.24. The fraction of sp³-hybridized carbons (Fsp3) is 0.130.